The molecule has 10 heteroatoms. The van der Waals surface area contributed by atoms with Gasteiger partial charge in [0.25, 0.3) is 17.4 Å². The Morgan fingerprint density at radius 2 is 2.00 bits per heavy atom. The summed E-state index contributed by atoms with van der Waals surface area (Å²) in [5.41, 5.74) is 0.577. The van der Waals surface area contributed by atoms with E-state index in [1.54, 1.807) is 13.1 Å². The lowest BCUT2D eigenvalue weighted by Gasteiger charge is -2.17. The van der Waals surface area contributed by atoms with Crippen LogP contribution in [-0.4, -0.2) is 63.2 Å². The number of nitrogens with zero attached hydrogens (tertiary/aromatic N) is 3. The van der Waals surface area contributed by atoms with Gasteiger partial charge in [-0.3, -0.25) is 19.4 Å². The van der Waals surface area contributed by atoms with Gasteiger partial charge >= 0.3 is 0 Å². The van der Waals surface area contributed by atoms with E-state index in [-0.39, 0.29) is 42.1 Å². The van der Waals surface area contributed by atoms with Crippen molar-refractivity contribution in [3.05, 3.63) is 68.9 Å². The summed E-state index contributed by atoms with van der Waals surface area (Å²) in [5.74, 6) is -2.21. The van der Waals surface area contributed by atoms with Crippen LogP contribution in [0.25, 0.3) is 11.0 Å². The maximum Gasteiger partial charge on any atom is 0.267 e. The van der Waals surface area contributed by atoms with E-state index in [1.165, 1.54) is 40.9 Å². The normalized spacial score (nSPS) is 10.9. The number of aryl methyl sites for hydroxylation is 1. The summed E-state index contributed by atoms with van der Waals surface area (Å²) in [6, 6.07) is 5.61. The van der Waals surface area contributed by atoms with E-state index in [9.17, 15) is 23.9 Å². The third kappa shape index (κ3) is 4.70. The Morgan fingerprint density at radius 1 is 1.27 bits per heavy atom. The highest BCUT2D eigenvalue weighted by molar-refractivity contribution is 6.01. The topological polar surface area (TPSA) is 125 Å². The van der Waals surface area contributed by atoms with Gasteiger partial charge in [-0.1, -0.05) is 6.07 Å². The van der Waals surface area contributed by atoms with Gasteiger partial charge in [0.1, 0.15) is 16.9 Å². The van der Waals surface area contributed by atoms with Gasteiger partial charge in [0.2, 0.25) is 0 Å². The molecular formula is C23H25FN4O5. The van der Waals surface area contributed by atoms with Crippen LogP contribution < -0.4 is 10.9 Å². The van der Waals surface area contributed by atoms with Gasteiger partial charge in [0, 0.05) is 38.9 Å². The number of aliphatic hydroxyl groups is 1. The molecule has 0 aliphatic heterocycles. The second-order valence-electron chi connectivity index (χ2n) is 7.58. The first-order chi connectivity index (χ1) is 15.7. The van der Waals surface area contributed by atoms with Crippen LogP contribution in [0, 0.1) is 5.82 Å². The Labute approximate surface area is 189 Å². The molecule has 0 atom stereocenters. The van der Waals surface area contributed by atoms with Crippen molar-refractivity contribution < 1.29 is 24.2 Å². The molecule has 33 heavy (non-hydrogen) atoms. The van der Waals surface area contributed by atoms with Crippen LogP contribution in [-0.2, 0) is 13.5 Å². The minimum atomic E-state index is -0.815. The molecule has 0 aliphatic carbocycles. The number of hydrogen-bond donors (Lipinski definition) is 3. The molecule has 0 unspecified atom stereocenters. The van der Waals surface area contributed by atoms with Crippen LogP contribution in [0.1, 0.15) is 38.8 Å². The molecule has 2 amide bonds. The third-order valence-electron chi connectivity index (χ3n) is 5.41. The molecule has 174 valence electrons. The Morgan fingerprint density at radius 3 is 2.67 bits per heavy atom. The van der Waals surface area contributed by atoms with Crippen molar-refractivity contribution in [2.75, 3.05) is 26.7 Å². The first kappa shape index (κ1) is 23.9. The molecule has 0 fully saturated rings. The molecule has 3 rings (SSSR count). The summed E-state index contributed by atoms with van der Waals surface area (Å²) < 4.78 is 15.0. The van der Waals surface area contributed by atoms with E-state index in [2.05, 4.69) is 10.3 Å². The van der Waals surface area contributed by atoms with Gasteiger partial charge in [-0.2, -0.15) is 0 Å². The van der Waals surface area contributed by atoms with Gasteiger partial charge in [-0.15, -0.1) is 0 Å². The summed E-state index contributed by atoms with van der Waals surface area (Å²) in [6.07, 6.45) is 1.69. The van der Waals surface area contributed by atoms with E-state index in [4.69, 9.17) is 5.11 Å². The van der Waals surface area contributed by atoms with E-state index in [0.29, 0.717) is 17.7 Å². The lowest BCUT2D eigenvalue weighted by Crippen LogP contribution is -2.34. The number of halogens is 1. The zero-order chi connectivity index (χ0) is 24.3. The number of amides is 2. The number of rotatable bonds is 7. The highest BCUT2D eigenvalue weighted by atomic mass is 19.1. The average molecular weight is 456 g/mol. The van der Waals surface area contributed by atoms with Crippen LogP contribution >= 0.6 is 0 Å². The largest absolute Gasteiger partial charge is 0.505 e. The fourth-order valence-electron chi connectivity index (χ4n) is 3.46. The predicted molar refractivity (Wildman–Crippen MR) is 120 cm³/mol. The highest BCUT2D eigenvalue weighted by Gasteiger charge is 2.22. The molecule has 0 aliphatic rings. The summed E-state index contributed by atoms with van der Waals surface area (Å²) in [7, 11) is 3.07. The monoisotopic (exact) mass is 456 g/mol. The maximum atomic E-state index is 13.8. The molecule has 2 heterocycles. The zero-order valence-corrected chi connectivity index (χ0v) is 18.6. The van der Waals surface area contributed by atoms with E-state index >= 15 is 0 Å². The van der Waals surface area contributed by atoms with E-state index in [1.807, 2.05) is 6.92 Å². The quantitative estimate of drug-likeness (QED) is 0.491. The number of aromatic nitrogens is 2. The molecule has 0 saturated heterocycles. The average Bonchev–Trinajstić information content (AvgIpc) is 2.81. The number of aliphatic hydroxyl groups excluding tert-OH is 1. The fourth-order valence-corrected chi connectivity index (χ4v) is 3.46. The summed E-state index contributed by atoms with van der Waals surface area (Å²) in [4.78, 5) is 43.4. The van der Waals surface area contributed by atoms with Gasteiger partial charge in [0.05, 0.1) is 12.1 Å². The number of pyridine rings is 2. The van der Waals surface area contributed by atoms with Crippen molar-refractivity contribution >= 4 is 22.8 Å². The SMILES string of the molecule is CCN(C)C(=O)c1cc(F)ccc1Cc1cnc2c(O)c(C(=O)NCCO)c(=O)n(C)c2c1. The molecular weight excluding hydrogens is 431 g/mol. The standard InChI is InChI=1S/C23H25FN4O5/c1-4-27(2)22(32)16-11-15(24)6-5-14(16)9-13-10-17-19(26-12-13)20(30)18(23(33)28(17)3)21(31)25-7-8-29/h5-6,10-12,29-30H,4,7-9H2,1-3H3,(H,25,31). The maximum absolute atomic E-state index is 13.8. The van der Waals surface area contributed by atoms with Crippen LogP contribution in [0.4, 0.5) is 4.39 Å². The molecule has 0 bridgehead atoms. The first-order valence-corrected chi connectivity index (χ1v) is 10.3. The van der Waals surface area contributed by atoms with Gasteiger partial charge in [-0.25, -0.2) is 4.39 Å². The molecule has 3 N–H and O–H groups in total. The second kappa shape index (κ2) is 9.78. The summed E-state index contributed by atoms with van der Waals surface area (Å²) in [5, 5.41) is 21.8. The molecule has 3 aromatic rings. The highest BCUT2D eigenvalue weighted by Crippen LogP contribution is 2.26. The number of nitrogens with one attached hydrogen (secondary N) is 1. The van der Waals surface area contributed by atoms with Crippen molar-refractivity contribution in [3.63, 3.8) is 0 Å². The van der Waals surface area contributed by atoms with Gasteiger partial charge in [0.15, 0.2) is 5.75 Å². The van der Waals surface area contributed by atoms with Crippen LogP contribution in [0.5, 0.6) is 5.75 Å². The van der Waals surface area contributed by atoms with E-state index < -0.39 is 28.6 Å². The fraction of sp³-hybridized carbons (Fsp3) is 0.304. The van der Waals surface area contributed by atoms with Crippen molar-refractivity contribution in [3.8, 4) is 5.75 Å². The molecule has 0 radical (unpaired) electrons. The Balaban J connectivity index is 2.06. The third-order valence-corrected chi connectivity index (χ3v) is 5.41. The van der Waals surface area contributed by atoms with Crippen molar-refractivity contribution in [1.82, 2.24) is 19.8 Å². The van der Waals surface area contributed by atoms with Crippen LogP contribution in [0.15, 0.2) is 35.3 Å². The minimum Gasteiger partial charge on any atom is -0.505 e. The Kier molecular flexibility index (Phi) is 7.07. The smallest absolute Gasteiger partial charge is 0.267 e. The van der Waals surface area contributed by atoms with E-state index in [0.717, 1.165) is 0 Å². The molecule has 0 saturated carbocycles. The predicted octanol–water partition coefficient (Wildman–Crippen LogP) is 1.18. The minimum absolute atomic E-state index is 0.0520. The lowest BCUT2D eigenvalue weighted by molar-refractivity contribution is 0.0800. The molecule has 2 aromatic heterocycles. The number of carbonyl (C=O) groups excluding carboxylic acids is 2. The summed E-state index contributed by atoms with van der Waals surface area (Å²) >= 11 is 0. The number of fused-ring (bicyclic) bond motifs is 1. The van der Waals surface area contributed by atoms with Crippen LogP contribution in [0.2, 0.25) is 0 Å². The van der Waals surface area contributed by atoms with Crippen molar-refractivity contribution in [2.24, 2.45) is 7.05 Å². The lowest BCUT2D eigenvalue weighted by atomic mass is 9.99. The number of aromatic hydroxyl groups is 1. The van der Waals surface area contributed by atoms with Crippen LogP contribution in [0.3, 0.4) is 0 Å². The Hall–Kier alpha value is -3.79. The van der Waals surface area contributed by atoms with Crippen molar-refractivity contribution in [2.45, 2.75) is 13.3 Å². The molecule has 0 spiro atoms. The number of carbonyl (C=O) groups is 2. The van der Waals surface area contributed by atoms with Gasteiger partial charge in [-0.05, 0) is 42.7 Å². The Bertz CT molecular complexity index is 1290. The zero-order valence-electron chi connectivity index (χ0n) is 18.6. The molecule has 9 nitrogen and oxygen atoms in total. The summed E-state index contributed by atoms with van der Waals surface area (Å²) in [6.45, 7) is 1.89. The number of benzene rings is 1. The molecule has 1 aromatic carbocycles. The number of hydrogen-bond acceptors (Lipinski definition) is 6. The second-order valence-corrected chi connectivity index (χ2v) is 7.58. The first-order valence-electron chi connectivity index (χ1n) is 10.3. The van der Waals surface area contributed by atoms with Gasteiger partial charge < -0.3 is 25.0 Å². The van der Waals surface area contributed by atoms with Crippen molar-refractivity contribution in [1.29, 1.82) is 0 Å².